The van der Waals surface area contributed by atoms with Gasteiger partial charge >= 0.3 is 6.03 Å². The van der Waals surface area contributed by atoms with Crippen LogP contribution >= 0.6 is 0 Å². The number of piperidine rings is 1. The van der Waals surface area contributed by atoms with Crippen molar-refractivity contribution >= 4 is 11.7 Å². The third-order valence-corrected chi connectivity index (χ3v) is 5.57. The molecule has 6 heteroatoms. The van der Waals surface area contributed by atoms with Gasteiger partial charge in [0, 0.05) is 31.9 Å². The zero-order valence-electron chi connectivity index (χ0n) is 16.1. The Morgan fingerprint density at radius 2 is 2.00 bits per heavy atom. The number of benzene rings is 1. The van der Waals surface area contributed by atoms with E-state index in [1.807, 2.05) is 24.0 Å². The summed E-state index contributed by atoms with van der Waals surface area (Å²) in [6.45, 7) is 9.97. The van der Waals surface area contributed by atoms with Crippen molar-refractivity contribution in [2.75, 3.05) is 44.3 Å². The van der Waals surface area contributed by atoms with Gasteiger partial charge in [-0.2, -0.15) is 0 Å². The molecule has 3 heterocycles. The Morgan fingerprint density at radius 3 is 2.65 bits per heavy atom. The number of fused-ring (bicyclic) bond motifs is 4. The second kappa shape index (κ2) is 7.74. The molecular formula is C20H31N3O3. The van der Waals surface area contributed by atoms with Crippen molar-refractivity contribution < 1.29 is 14.6 Å². The fourth-order valence-electron chi connectivity index (χ4n) is 4.46. The highest BCUT2D eigenvalue weighted by Crippen LogP contribution is 2.43. The van der Waals surface area contributed by atoms with E-state index in [1.54, 1.807) is 0 Å². The van der Waals surface area contributed by atoms with E-state index in [2.05, 4.69) is 36.2 Å². The monoisotopic (exact) mass is 361 g/mol. The van der Waals surface area contributed by atoms with Crippen molar-refractivity contribution in [1.29, 1.82) is 0 Å². The second-order valence-corrected chi connectivity index (χ2v) is 8.01. The maximum absolute atomic E-state index is 12.5. The molecule has 2 amide bonds. The summed E-state index contributed by atoms with van der Waals surface area (Å²) in [5, 5.41) is 11.8. The van der Waals surface area contributed by atoms with Gasteiger partial charge in [0.25, 0.3) is 0 Å². The maximum Gasteiger partial charge on any atom is 0.317 e. The number of carbonyl (C=O) groups is 1. The SMILES string of the molecule is CCOc1ccc(N2C[C@H]3CN(C(=O)NCCO)C[C@@H]2C(C)(C)C3)cc1. The highest BCUT2D eigenvalue weighted by atomic mass is 16.5. The lowest BCUT2D eigenvalue weighted by Crippen LogP contribution is -2.54. The molecule has 3 aliphatic heterocycles. The summed E-state index contributed by atoms with van der Waals surface area (Å²) >= 11 is 0. The zero-order chi connectivity index (χ0) is 18.7. The van der Waals surface area contributed by atoms with Crippen LogP contribution in [0.1, 0.15) is 27.2 Å². The topological polar surface area (TPSA) is 65.0 Å². The number of hydrogen-bond donors (Lipinski definition) is 2. The fourth-order valence-corrected chi connectivity index (χ4v) is 4.46. The van der Waals surface area contributed by atoms with Crippen LogP contribution in [0.4, 0.5) is 10.5 Å². The average molecular weight is 361 g/mol. The van der Waals surface area contributed by atoms with Gasteiger partial charge in [-0.25, -0.2) is 4.79 Å². The maximum atomic E-state index is 12.5. The molecule has 3 fully saturated rings. The first-order valence-electron chi connectivity index (χ1n) is 9.57. The van der Waals surface area contributed by atoms with Crippen molar-refractivity contribution in [1.82, 2.24) is 10.2 Å². The third-order valence-electron chi connectivity index (χ3n) is 5.57. The number of nitrogens with zero attached hydrogens (tertiary/aromatic N) is 2. The third kappa shape index (κ3) is 3.90. The number of carbonyl (C=O) groups excluding carboxylic acids is 1. The molecule has 0 radical (unpaired) electrons. The fraction of sp³-hybridized carbons (Fsp3) is 0.650. The number of hydrogen-bond acceptors (Lipinski definition) is 4. The highest BCUT2D eigenvalue weighted by Gasteiger charge is 2.46. The predicted molar refractivity (Wildman–Crippen MR) is 103 cm³/mol. The largest absolute Gasteiger partial charge is 0.494 e. The van der Waals surface area contributed by atoms with Crippen LogP contribution in [-0.2, 0) is 0 Å². The quantitative estimate of drug-likeness (QED) is 0.845. The van der Waals surface area contributed by atoms with Gasteiger partial charge in [0.05, 0.1) is 19.3 Å². The van der Waals surface area contributed by atoms with Gasteiger partial charge in [0.15, 0.2) is 0 Å². The van der Waals surface area contributed by atoms with Crippen LogP contribution < -0.4 is 15.0 Å². The van der Waals surface area contributed by atoms with Gasteiger partial charge in [0.2, 0.25) is 0 Å². The van der Waals surface area contributed by atoms with E-state index < -0.39 is 0 Å². The molecule has 0 spiro atoms. The van der Waals surface area contributed by atoms with Gasteiger partial charge in [-0.1, -0.05) is 13.8 Å². The van der Waals surface area contributed by atoms with E-state index >= 15 is 0 Å². The number of aliphatic hydroxyl groups excluding tert-OH is 1. The lowest BCUT2D eigenvalue weighted by molar-refractivity contribution is 0.185. The summed E-state index contributed by atoms with van der Waals surface area (Å²) in [6, 6.07) is 8.49. The summed E-state index contributed by atoms with van der Waals surface area (Å²) in [4.78, 5) is 16.9. The molecule has 4 rings (SSSR count). The van der Waals surface area contributed by atoms with Gasteiger partial charge in [-0.3, -0.25) is 0 Å². The summed E-state index contributed by atoms with van der Waals surface area (Å²) in [5.74, 6) is 1.33. The van der Waals surface area contributed by atoms with Crippen molar-refractivity contribution in [3.05, 3.63) is 24.3 Å². The highest BCUT2D eigenvalue weighted by molar-refractivity contribution is 5.74. The van der Waals surface area contributed by atoms with Crippen molar-refractivity contribution in [3.63, 3.8) is 0 Å². The Morgan fingerprint density at radius 1 is 1.27 bits per heavy atom. The number of amides is 2. The molecule has 1 aromatic carbocycles. The number of ether oxygens (including phenoxy) is 1. The van der Waals surface area contributed by atoms with Crippen LogP contribution in [-0.4, -0.2) is 61.5 Å². The van der Waals surface area contributed by atoms with E-state index in [0.29, 0.717) is 25.6 Å². The van der Waals surface area contributed by atoms with Gasteiger partial charge in [0.1, 0.15) is 5.75 Å². The molecule has 1 aromatic rings. The molecule has 6 nitrogen and oxygen atoms in total. The summed E-state index contributed by atoms with van der Waals surface area (Å²) in [7, 11) is 0. The summed E-state index contributed by atoms with van der Waals surface area (Å²) in [5.41, 5.74) is 1.32. The molecular weight excluding hydrogens is 330 g/mol. The van der Waals surface area contributed by atoms with Crippen LogP contribution in [0, 0.1) is 11.3 Å². The number of urea groups is 1. The molecule has 0 unspecified atom stereocenters. The number of anilines is 1. The number of aliphatic hydroxyl groups is 1. The van der Waals surface area contributed by atoms with Gasteiger partial charge in [-0.05, 0) is 48.9 Å². The first kappa shape index (κ1) is 18.8. The van der Waals surface area contributed by atoms with Crippen LogP contribution in [0.3, 0.4) is 0 Å². The lowest BCUT2D eigenvalue weighted by Gasteiger charge is -2.48. The molecule has 2 bridgehead atoms. The summed E-state index contributed by atoms with van der Waals surface area (Å²) in [6.07, 6.45) is 1.12. The molecule has 26 heavy (non-hydrogen) atoms. The Kier molecular flexibility index (Phi) is 5.61. The molecule has 2 atom stereocenters. The number of nitrogens with one attached hydrogen (secondary N) is 1. The standard InChI is InChI=1S/C20H31N3O3/c1-4-26-17-7-5-16(6-8-17)23-13-15-11-20(2,3)18(23)14-22(12-15)19(25)21-9-10-24/h5-8,15,18,24H,4,9-14H2,1-3H3,(H,21,25)/t15-,18-/m1/s1. The normalized spacial score (nSPS) is 24.3. The molecule has 0 aliphatic carbocycles. The van der Waals surface area contributed by atoms with Crippen molar-refractivity contribution in [2.45, 2.75) is 33.2 Å². The molecule has 144 valence electrons. The van der Waals surface area contributed by atoms with Gasteiger partial charge in [-0.15, -0.1) is 0 Å². The molecule has 2 N–H and O–H groups in total. The average Bonchev–Trinajstić information content (AvgIpc) is 2.87. The van der Waals surface area contributed by atoms with E-state index in [4.69, 9.17) is 9.84 Å². The Bertz CT molecular complexity index is 617. The Labute approximate surface area is 156 Å². The zero-order valence-corrected chi connectivity index (χ0v) is 16.1. The smallest absolute Gasteiger partial charge is 0.317 e. The molecule has 3 aliphatic rings. The van der Waals surface area contributed by atoms with E-state index in [0.717, 1.165) is 25.3 Å². The van der Waals surface area contributed by atoms with Crippen molar-refractivity contribution in [2.24, 2.45) is 11.3 Å². The first-order valence-corrected chi connectivity index (χ1v) is 9.57. The number of rotatable bonds is 5. The molecule has 0 aromatic heterocycles. The van der Waals surface area contributed by atoms with Crippen LogP contribution in [0.25, 0.3) is 0 Å². The minimum Gasteiger partial charge on any atom is -0.494 e. The second-order valence-electron chi connectivity index (χ2n) is 8.01. The minimum atomic E-state index is -0.0692. The van der Waals surface area contributed by atoms with Crippen LogP contribution in [0.5, 0.6) is 5.75 Å². The summed E-state index contributed by atoms with van der Waals surface area (Å²) < 4.78 is 5.56. The minimum absolute atomic E-state index is 0.0315. The first-order chi connectivity index (χ1) is 12.4. The van der Waals surface area contributed by atoms with E-state index in [9.17, 15) is 4.79 Å². The van der Waals surface area contributed by atoms with Gasteiger partial charge < -0.3 is 25.0 Å². The lowest BCUT2D eigenvalue weighted by atomic mass is 9.73. The van der Waals surface area contributed by atoms with E-state index in [1.165, 1.54) is 5.69 Å². The van der Waals surface area contributed by atoms with Crippen LogP contribution in [0.15, 0.2) is 24.3 Å². The molecule has 3 saturated heterocycles. The Balaban J connectivity index is 1.81. The van der Waals surface area contributed by atoms with Crippen LogP contribution in [0.2, 0.25) is 0 Å². The predicted octanol–water partition coefficient (Wildman–Crippen LogP) is 2.32. The Hall–Kier alpha value is -1.95. The van der Waals surface area contributed by atoms with Crippen molar-refractivity contribution in [3.8, 4) is 5.75 Å². The van der Waals surface area contributed by atoms with E-state index in [-0.39, 0.29) is 24.1 Å². The molecule has 0 saturated carbocycles.